The maximum Gasteiger partial charge on any atom is 0.333 e. The third kappa shape index (κ3) is 2.54. The van der Waals surface area contributed by atoms with E-state index in [0.717, 1.165) is 37.7 Å². The van der Waals surface area contributed by atoms with Crippen LogP contribution in [-0.2, 0) is 9.53 Å². The normalized spacial score (nSPS) is 47.3. The Morgan fingerprint density at radius 1 is 1.14 bits per heavy atom. The van der Waals surface area contributed by atoms with Gasteiger partial charge in [0.15, 0.2) is 0 Å². The maximum absolute atomic E-state index is 12.7. The van der Waals surface area contributed by atoms with E-state index in [1.807, 2.05) is 19.9 Å². The molecule has 3 heteroatoms. The van der Waals surface area contributed by atoms with Crippen molar-refractivity contribution in [3.63, 3.8) is 0 Å². The molecule has 1 N–H and O–H groups in total. The van der Waals surface area contributed by atoms with Gasteiger partial charge in [0.05, 0.1) is 6.10 Å². The van der Waals surface area contributed by atoms with Gasteiger partial charge in [0, 0.05) is 11.0 Å². The summed E-state index contributed by atoms with van der Waals surface area (Å²) in [6, 6.07) is 0. The lowest BCUT2D eigenvalue weighted by Crippen LogP contribution is -2.61. The fourth-order valence-corrected chi connectivity index (χ4v) is 8.06. The standard InChI is InChI=1S/C25H38O3/c1-7-15(2)22(27)28-21-16(3)17-8-9-19-24(6)12-11-20(26)23(4,5)18(24)10-13-25(19,21)14-17/h7,17-21,26H,3,8-14H2,1-2,4-6H3/b15-7+/t17-,18+,19-,20-,21-,24-,25+/m1/s1. The topological polar surface area (TPSA) is 46.5 Å². The minimum absolute atomic E-state index is 0.0468. The number of hydrogen-bond acceptors (Lipinski definition) is 3. The first kappa shape index (κ1) is 20.2. The second kappa shape index (κ2) is 6.45. The zero-order valence-corrected chi connectivity index (χ0v) is 18.4. The molecule has 0 unspecified atom stereocenters. The second-order valence-electron chi connectivity index (χ2n) is 11.1. The lowest BCUT2D eigenvalue weighted by atomic mass is 9.40. The summed E-state index contributed by atoms with van der Waals surface area (Å²) >= 11 is 0. The molecule has 0 aromatic heterocycles. The molecule has 0 radical (unpaired) electrons. The highest BCUT2D eigenvalue weighted by atomic mass is 16.5. The van der Waals surface area contributed by atoms with E-state index in [4.69, 9.17) is 4.74 Å². The van der Waals surface area contributed by atoms with Crippen molar-refractivity contribution in [2.45, 2.75) is 91.8 Å². The van der Waals surface area contributed by atoms with Gasteiger partial charge in [-0.25, -0.2) is 4.79 Å². The SMILES string of the molecule is C=C1[C@@H]2CC[C@@H]3[C@]4(C)CC[C@@H](O)C(C)(C)[C@@H]4CC[C@@]3(C2)[C@@H]1OC(=O)/C(C)=C/C. The van der Waals surface area contributed by atoms with Crippen molar-refractivity contribution in [2.24, 2.45) is 34.0 Å². The summed E-state index contributed by atoms with van der Waals surface area (Å²) in [5.74, 6) is 1.39. The van der Waals surface area contributed by atoms with Gasteiger partial charge in [-0.15, -0.1) is 0 Å². The van der Waals surface area contributed by atoms with Crippen molar-refractivity contribution in [2.75, 3.05) is 0 Å². The van der Waals surface area contributed by atoms with Gasteiger partial charge in [-0.3, -0.25) is 0 Å². The third-order valence-corrected chi connectivity index (χ3v) is 9.69. The number of rotatable bonds is 2. The summed E-state index contributed by atoms with van der Waals surface area (Å²) < 4.78 is 6.19. The third-order valence-electron chi connectivity index (χ3n) is 9.69. The van der Waals surface area contributed by atoms with E-state index in [9.17, 15) is 9.90 Å². The number of carbonyl (C=O) groups is 1. The molecule has 0 heterocycles. The van der Waals surface area contributed by atoms with Gasteiger partial charge in [-0.1, -0.05) is 33.4 Å². The summed E-state index contributed by atoms with van der Waals surface area (Å²) in [6.07, 6.45) is 9.19. The van der Waals surface area contributed by atoms with Gasteiger partial charge in [-0.05, 0) is 93.0 Å². The molecule has 156 valence electrons. The van der Waals surface area contributed by atoms with Crippen LogP contribution in [0.1, 0.15) is 79.6 Å². The van der Waals surface area contributed by atoms with Crippen LogP contribution in [0.2, 0.25) is 0 Å². The molecule has 7 atom stereocenters. The highest BCUT2D eigenvalue weighted by Gasteiger charge is 2.68. The molecule has 0 aromatic rings. The van der Waals surface area contributed by atoms with E-state index in [1.165, 1.54) is 12.8 Å². The predicted octanol–water partition coefficient (Wildman–Crippen LogP) is 5.43. The molecule has 0 saturated heterocycles. The zero-order chi connectivity index (χ0) is 20.5. The molecular formula is C25H38O3. The van der Waals surface area contributed by atoms with Crippen molar-refractivity contribution in [1.29, 1.82) is 0 Å². The Hall–Kier alpha value is -1.09. The first-order valence-electron chi connectivity index (χ1n) is 11.3. The molecule has 4 fully saturated rings. The lowest BCUT2D eigenvalue weighted by Gasteiger charge is -2.65. The van der Waals surface area contributed by atoms with Crippen molar-refractivity contribution in [3.8, 4) is 0 Å². The number of ether oxygens (including phenoxy) is 1. The molecule has 0 amide bonds. The van der Waals surface area contributed by atoms with Crippen LogP contribution in [0.4, 0.5) is 0 Å². The average molecular weight is 387 g/mol. The Kier molecular flexibility index (Phi) is 4.65. The molecule has 28 heavy (non-hydrogen) atoms. The van der Waals surface area contributed by atoms with E-state index in [0.29, 0.717) is 23.3 Å². The second-order valence-corrected chi connectivity index (χ2v) is 11.1. The highest BCUT2D eigenvalue weighted by molar-refractivity contribution is 5.88. The Morgan fingerprint density at radius 3 is 2.54 bits per heavy atom. The van der Waals surface area contributed by atoms with Crippen LogP contribution in [-0.4, -0.2) is 23.3 Å². The summed E-state index contributed by atoms with van der Waals surface area (Å²) in [5.41, 5.74) is 2.06. The summed E-state index contributed by atoms with van der Waals surface area (Å²) in [5, 5.41) is 10.7. The first-order valence-corrected chi connectivity index (χ1v) is 11.3. The Bertz CT molecular complexity index is 719. The molecule has 4 aliphatic rings. The first-order chi connectivity index (χ1) is 13.1. The van der Waals surface area contributed by atoms with Crippen molar-refractivity contribution in [1.82, 2.24) is 0 Å². The predicted molar refractivity (Wildman–Crippen MR) is 112 cm³/mol. The van der Waals surface area contributed by atoms with Crippen LogP contribution in [0.15, 0.2) is 23.8 Å². The van der Waals surface area contributed by atoms with Gasteiger partial charge in [0.25, 0.3) is 0 Å². The van der Waals surface area contributed by atoms with Crippen molar-refractivity contribution in [3.05, 3.63) is 23.8 Å². The van der Waals surface area contributed by atoms with Gasteiger partial charge >= 0.3 is 5.97 Å². The van der Waals surface area contributed by atoms with Crippen LogP contribution < -0.4 is 0 Å². The molecule has 4 saturated carbocycles. The van der Waals surface area contributed by atoms with Crippen LogP contribution in [0, 0.1) is 34.0 Å². The smallest absolute Gasteiger partial charge is 0.333 e. The van der Waals surface area contributed by atoms with Crippen LogP contribution in [0.25, 0.3) is 0 Å². The van der Waals surface area contributed by atoms with Crippen molar-refractivity contribution < 1.29 is 14.6 Å². The Morgan fingerprint density at radius 2 is 1.86 bits per heavy atom. The number of aliphatic hydroxyl groups is 1. The number of allylic oxidation sites excluding steroid dienone is 1. The molecular weight excluding hydrogens is 348 g/mol. The monoisotopic (exact) mass is 386 g/mol. The van der Waals surface area contributed by atoms with Crippen LogP contribution in [0.3, 0.4) is 0 Å². The van der Waals surface area contributed by atoms with E-state index >= 15 is 0 Å². The van der Waals surface area contributed by atoms with Crippen LogP contribution >= 0.6 is 0 Å². The van der Waals surface area contributed by atoms with Gasteiger partial charge in [-0.2, -0.15) is 0 Å². The van der Waals surface area contributed by atoms with Gasteiger partial charge in [0.1, 0.15) is 6.10 Å². The number of carbonyl (C=O) groups excluding carboxylic acids is 1. The number of esters is 1. The Balaban J connectivity index is 1.72. The molecule has 0 aliphatic heterocycles. The molecule has 0 aromatic carbocycles. The average Bonchev–Trinajstić information content (AvgIpc) is 2.84. The lowest BCUT2D eigenvalue weighted by molar-refractivity contribution is -0.201. The molecule has 3 nitrogen and oxygen atoms in total. The van der Waals surface area contributed by atoms with Crippen molar-refractivity contribution >= 4 is 5.97 Å². The molecule has 4 aliphatic carbocycles. The minimum Gasteiger partial charge on any atom is -0.454 e. The minimum atomic E-state index is -0.208. The maximum atomic E-state index is 12.7. The highest BCUT2D eigenvalue weighted by Crippen LogP contribution is 2.72. The summed E-state index contributed by atoms with van der Waals surface area (Å²) in [7, 11) is 0. The fourth-order valence-electron chi connectivity index (χ4n) is 8.06. The van der Waals surface area contributed by atoms with E-state index in [-0.39, 0.29) is 34.4 Å². The van der Waals surface area contributed by atoms with E-state index < -0.39 is 0 Å². The van der Waals surface area contributed by atoms with Gasteiger partial charge < -0.3 is 9.84 Å². The zero-order valence-electron chi connectivity index (χ0n) is 18.4. The van der Waals surface area contributed by atoms with Gasteiger partial charge in [0.2, 0.25) is 0 Å². The largest absolute Gasteiger partial charge is 0.454 e. The van der Waals surface area contributed by atoms with Crippen LogP contribution in [0.5, 0.6) is 0 Å². The van der Waals surface area contributed by atoms with E-state index in [2.05, 4.69) is 27.4 Å². The quantitative estimate of drug-likeness (QED) is 0.391. The number of aliphatic hydroxyl groups excluding tert-OH is 1. The summed E-state index contributed by atoms with van der Waals surface area (Å²) in [4.78, 5) is 12.7. The number of fused-ring (bicyclic) bond motifs is 3. The molecule has 4 rings (SSSR count). The summed E-state index contributed by atoms with van der Waals surface area (Å²) in [6.45, 7) is 15.2. The fraction of sp³-hybridized carbons (Fsp3) is 0.800. The number of hydrogen-bond donors (Lipinski definition) is 1. The van der Waals surface area contributed by atoms with E-state index in [1.54, 1.807) is 0 Å². The molecule has 2 bridgehead atoms. The Labute approximate surface area is 170 Å². The molecule has 1 spiro atoms.